The van der Waals surface area contributed by atoms with Gasteiger partial charge in [-0.3, -0.25) is 19.7 Å². The van der Waals surface area contributed by atoms with Crippen LogP contribution < -0.4 is 21.3 Å². The largest absolute Gasteiger partial charge is 0.359 e. The van der Waals surface area contributed by atoms with Crippen LogP contribution in [0.2, 0.25) is 0 Å². The molecule has 0 bridgehead atoms. The molecule has 1 fully saturated rings. The molecular formula is C13H24N4O3S. The predicted molar refractivity (Wildman–Crippen MR) is 82.5 cm³/mol. The van der Waals surface area contributed by atoms with Crippen LogP contribution in [0.5, 0.6) is 0 Å². The Kier molecular flexibility index (Phi) is 6.47. The molecule has 0 aromatic carbocycles. The summed E-state index contributed by atoms with van der Waals surface area (Å²) in [5, 5.41) is 11.3. The second-order valence-corrected chi connectivity index (χ2v) is 7.10. The number of carbonyl (C=O) groups excluding carboxylic acids is 3. The standard InChI is InChI=1S/C13H24N4O3S/c1-13(2,3)17-11(20)7-21-12-15-8(5-9(18)14-4)6-10(19)16-12/h8,12,15H,5-7H2,1-4H3,(H,14,18)(H,16,19)(H,17,20). The van der Waals surface area contributed by atoms with E-state index in [1.165, 1.54) is 11.8 Å². The molecule has 21 heavy (non-hydrogen) atoms. The van der Waals surface area contributed by atoms with Crippen molar-refractivity contribution >= 4 is 29.5 Å². The molecule has 1 aliphatic heterocycles. The monoisotopic (exact) mass is 316 g/mol. The van der Waals surface area contributed by atoms with Crippen LogP contribution in [0.25, 0.3) is 0 Å². The van der Waals surface area contributed by atoms with Gasteiger partial charge >= 0.3 is 0 Å². The molecule has 0 aliphatic carbocycles. The average molecular weight is 316 g/mol. The molecule has 0 saturated carbocycles. The Morgan fingerprint density at radius 3 is 2.57 bits per heavy atom. The zero-order chi connectivity index (χ0) is 16.0. The van der Waals surface area contributed by atoms with Gasteiger partial charge in [-0.2, -0.15) is 0 Å². The third-order valence-corrected chi connectivity index (χ3v) is 3.73. The number of hydrogen-bond donors (Lipinski definition) is 4. The first-order chi connectivity index (χ1) is 9.69. The van der Waals surface area contributed by atoms with E-state index in [4.69, 9.17) is 0 Å². The summed E-state index contributed by atoms with van der Waals surface area (Å²) in [6, 6.07) is -0.207. The first-order valence-corrected chi connectivity index (χ1v) is 7.93. The van der Waals surface area contributed by atoms with Crippen molar-refractivity contribution in [1.29, 1.82) is 0 Å². The van der Waals surface area contributed by atoms with Gasteiger partial charge in [0.25, 0.3) is 0 Å². The van der Waals surface area contributed by atoms with Crippen molar-refractivity contribution in [2.24, 2.45) is 0 Å². The van der Waals surface area contributed by atoms with E-state index in [0.29, 0.717) is 0 Å². The molecule has 1 aliphatic rings. The Morgan fingerprint density at radius 2 is 2.00 bits per heavy atom. The van der Waals surface area contributed by atoms with Crippen molar-refractivity contribution in [3.8, 4) is 0 Å². The van der Waals surface area contributed by atoms with E-state index < -0.39 is 0 Å². The van der Waals surface area contributed by atoms with E-state index in [9.17, 15) is 14.4 Å². The van der Waals surface area contributed by atoms with Gasteiger partial charge in [-0.05, 0) is 20.8 Å². The maximum atomic E-state index is 11.8. The summed E-state index contributed by atoms with van der Waals surface area (Å²) in [7, 11) is 1.56. The molecule has 1 rings (SSSR count). The zero-order valence-electron chi connectivity index (χ0n) is 12.9. The molecule has 0 spiro atoms. The van der Waals surface area contributed by atoms with E-state index in [2.05, 4.69) is 21.3 Å². The SMILES string of the molecule is CNC(=O)CC1CC(=O)NC(SCC(=O)NC(C)(C)C)N1. The van der Waals surface area contributed by atoms with Crippen LogP contribution in [0.15, 0.2) is 0 Å². The number of rotatable bonds is 5. The van der Waals surface area contributed by atoms with Gasteiger partial charge < -0.3 is 16.0 Å². The third-order valence-electron chi connectivity index (χ3n) is 2.72. The van der Waals surface area contributed by atoms with Gasteiger partial charge in [-0.1, -0.05) is 0 Å². The number of amides is 3. The molecule has 2 atom stereocenters. The molecule has 7 nitrogen and oxygen atoms in total. The highest BCUT2D eigenvalue weighted by molar-refractivity contribution is 8.00. The second kappa shape index (κ2) is 7.65. The van der Waals surface area contributed by atoms with Gasteiger partial charge in [-0.15, -0.1) is 11.8 Å². The fourth-order valence-electron chi connectivity index (χ4n) is 1.90. The van der Waals surface area contributed by atoms with E-state index in [0.717, 1.165) is 0 Å². The van der Waals surface area contributed by atoms with Crippen molar-refractivity contribution in [1.82, 2.24) is 21.3 Å². The van der Waals surface area contributed by atoms with Crippen molar-refractivity contribution < 1.29 is 14.4 Å². The molecule has 0 radical (unpaired) electrons. The summed E-state index contributed by atoms with van der Waals surface area (Å²) in [6.45, 7) is 5.74. The Labute approximate surface area is 129 Å². The average Bonchev–Trinajstić information content (AvgIpc) is 2.33. The minimum Gasteiger partial charge on any atom is -0.359 e. The smallest absolute Gasteiger partial charge is 0.230 e. The summed E-state index contributed by atoms with van der Waals surface area (Å²) < 4.78 is 0. The quantitative estimate of drug-likeness (QED) is 0.550. The lowest BCUT2D eigenvalue weighted by atomic mass is 10.1. The topological polar surface area (TPSA) is 99.3 Å². The lowest BCUT2D eigenvalue weighted by Gasteiger charge is -2.31. The lowest BCUT2D eigenvalue weighted by molar-refractivity contribution is -0.125. The molecule has 2 unspecified atom stereocenters. The van der Waals surface area contributed by atoms with Crippen LogP contribution in [0.4, 0.5) is 0 Å². The van der Waals surface area contributed by atoms with Gasteiger partial charge in [-0.25, -0.2) is 0 Å². The maximum absolute atomic E-state index is 11.8. The highest BCUT2D eigenvalue weighted by Crippen LogP contribution is 2.14. The van der Waals surface area contributed by atoms with Crippen molar-refractivity contribution in [2.75, 3.05) is 12.8 Å². The normalized spacial score (nSPS) is 22.4. The van der Waals surface area contributed by atoms with Crippen molar-refractivity contribution in [3.63, 3.8) is 0 Å². The summed E-state index contributed by atoms with van der Waals surface area (Å²) >= 11 is 1.30. The van der Waals surface area contributed by atoms with Crippen LogP contribution >= 0.6 is 11.8 Å². The molecule has 4 N–H and O–H groups in total. The third kappa shape index (κ3) is 7.33. The van der Waals surface area contributed by atoms with E-state index in [-0.39, 0.29) is 53.4 Å². The van der Waals surface area contributed by atoms with E-state index in [1.807, 2.05) is 20.8 Å². The fourth-order valence-corrected chi connectivity index (χ4v) is 2.80. The molecule has 1 saturated heterocycles. The van der Waals surface area contributed by atoms with E-state index >= 15 is 0 Å². The van der Waals surface area contributed by atoms with Gasteiger partial charge in [0.2, 0.25) is 17.7 Å². The van der Waals surface area contributed by atoms with Crippen molar-refractivity contribution in [2.45, 2.75) is 50.7 Å². The Balaban J connectivity index is 2.42. The molecule has 120 valence electrons. The molecular weight excluding hydrogens is 292 g/mol. The Bertz CT molecular complexity index is 409. The molecule has 1 heterocycles. The Hall–Kier alpha value is -1.28. The predicted octanol–water partition coefficient (Wildman–Crippen LogP) is -0.468. The zero-order valence-corrected chi connectivity index (χ0v) is 13.7. The van der Waals surface area contributed by atoms with Gasteiger partial charge in [0.1, 0.15) is 5.50 Å². The lowest BCUT2D eigenvalue weighted by Crippen LogP contribution is -2.56. The first-order valence-electron chi connectivity index (χ1n) is 6.88. The molecule has 3 amide bonds. The van der Waals surface area contributed by atoms with Crippen molar-refractivity contribution in [3.05, 3.63) is 0 Å². The summed E-state index contributed by atoms with van der Waals surface area (Å²) in [4.78, 5) is 34.7. The van der Waals surface area contributed by atoms with Gasteiger partial charge in [0, 0.05) is 31.5 Å². The van der Waals surface area contributed by atoms with Crippen LogP contribution in [-0.2, 0) is 14.4 Å². The number of carbonyl (C=O) groups is 3. The number of nitrogens with one attached hydrogen (secondary N) is 4. The molecule has 0 aromatic rings. The summed E-state index contributed by atoms with van der Waals surface area (Å²) in [5.74, 6) is -0.0770. The summed E-state index contributed by atoms with van der Waals surface area (Å²) in [6.07, 6.45) is 0.508. The van der Waals surface area contributed by atoms with Crippen LogP contribution in [-0.4, -0.2) is 47.6 Å². The van der Waals surface area contributed by atoms with Gasteiger partial charge in [0.05, 0.1) is 5.75 Å². The highest BCUT2D eigenvalue weighted by Gasteiger charge is 2.28. The van der Waals surface area contributed by atoms with E-state index in [1.54, 1.807) is 7.05 Å². The number of thioether (sulfide) groups is 1. The molecule has 8 heteroatoms. The van der Waals surface area contributed by atoms with Gasteiger partial charge in [0.15, 0.2) is 0 Å². The number of hydrogen-bond acceptors (Lipinski definition) is 5. The fraction of sp³-hybridized carbons (Fsp3) is 0.769. The second-order valence-electron chi connectivity index (χ2n) is 6.00. The maximum Gasteiger partial charge on any atom is 0.230 e. The van der Waals surface area contributed by atoms with Crippen LogP contribution in [0, 0.1) is 0 Å². The molecule has 0 aromatic heterocycles. The first kappa shape index (κ1) is 17.8. The minimum atomic E-state index is -0.355. The van der Waals surface area contributed by atoms with Crippen LogP contribution in [0.1, 0.15) is 33.6 Å². The van der Waals surface area contributed by atoms with Crippen LogP contribution in [0.3, 0.4) is 0 Å². The summed E-state index contributed by atoms with van der Waals surface area (Å²) in [5.41, 5.74) is -0.630. The Morgan fingerprint density at radius 1 is 1.33 bits per heavy atom. The highest BCUT2D eigenvalue weighted by atomic mass is 32.2. The minimum absolute atomic E-state index is 0.0861.